The first-order valence-corrected chi connectivity index (χ1v) is 9.21. The van der Waals surface area contributed by atoms with E-state index in [-0.39, 0.29) is 5.41 Å². The number of ether oxygens (including phenoxy) is 2. The van der Waals surface area contributed by atoms with E-state index in [1.54, 1.807) is 6.33 Å². The highest BCUT2D eigenvalue weighted by atomic mass is 16.5. The van der Waals surface area contributed by atoms with Gasteiger partial charge in [-0.1, -0.05) is 0 Å². The molecular formula is C18H28N4O2. The Morgan fingerprint density at radius 2 is 2.04 bits per heavy atom. The maximum absolute atomic E-state index is 6.02. The summed E-state index contributed by atoms with van der Waals surface area (Å²) in [5.74, 6) is 0.713. The number of aromatic nitrogens is 2. The third-order valence-corrected chi connectivity index (χ3v) is 5.63. The molecule has 4 heterocycles. The van der Waals surface area contributed by atoms with Crippen LogP contribution < -0.4 is 4.90 Å². The Bertz CT molecular complexity index is 523. The molecule has 0 aliphatic carbocycles. The van der Waals surface area contributed by atoms with Crippen molar-refractivity contribution in [3.8, 4) is 0 Å². The van der Waals surface area contributed by atoms with E-state index in [2.05, 4.69) is 19.8 Å². The second-order valence-electron chi connectivity index (χ2n) is 7.64. The Balaban J connectivity index is 1.45. The van der Waals surface area contributed by atoms with Gasteiger partial charge in [0.05, 0.1) is 37.9 Å². The third-order valence-electron chi connectivity index (χ3n) is 5.63. The van der Waals surface area contributed by atoms with Crippen LogP contribution in [0.1, 0.15) is 19.3 Å². The van der Waals surface area contributed by atoms with Crippen molar-refractivity contribution >= 4 is 5.69 Å². The van der Waals surface area contributed by atoms with E-state index in [1.807, 2.05) is 12.4 Å². The Hall–Kier alpha value is -1.24. The summed E-state index contributed by atoms with van der Waals surface area (Å²) >= 11 is 0. The molecule has 1 aromatic rings. The van der Waals surface area contributed by atoms with Crippen LogP contribution in [0.2, 0.25) is 0 Å². The molecule has 3 fully saturated rings. The zero-order valence-corrected chi connectivity index (χ0v) is 14.4. The molecule has 4 rings (SSSR count). The molecule has 0 bridgehead atoms. The first-order valence-electron chi connectivity index (χ1n) is 9.21. The predicted octanol–water partition coefficient (Wildman–Crippen LogP) is 1.43. The first-order chi connectivity index (χ1) is 11.8. The van der Waals surface area contributed by atoms with Crippen LogP contribution in [0.25, 0.3) is 0 Å². The van der Waals surface area contributed by atoms with Gasteiger partial charge in [0, 0.05) is 38.2 Å². The van der Waals surface area contributed by atoms with Crippen molar-refractivity contribution in [2.24, 2.45) is 11.3 Å². The lowest BCUT2D eigenvalue weighted by atomic mass is 9.79. The molecule has 132 valence electrons. The summed E-state index contributed by atoms with van der Waals surface area (Å²) in [5, 5.41) is 0. The molecule has 3 aliphatic heterocycles. The summed E-state index contributed by atoms with van der Waals surface area (Å²) < 4.78 is 11.6. The van der Waals surface area contributed by atoms with Crippen LogP contribution in [0, 0.1) is 11.3 Å². The minimum absolute atomic E-state index is 0.226. The maximum atomic E-state index is 6.02. The van der Waals surface area contributed by atoms with Gasteiger partial charge in [0.2, 0.25) is 0 Å². The number of anilines is 1. The van der Waals surface area contributed by atoms with Gasteiger partial charge in [-0.05, 0) is 31.7 Å². The van der Waals surface area contributed by atoms with Crippen molar-refractivity contribution in [3.63, 3.8) is 0 Å². The second kappa shape index (κ2) is 7.33. The van der Waals surface area contributed by atoms with Gasteiger partial charge in [-0.2, -0.15) is 0 Å². The third kappa shape index (κ3) is 3.71. The van der Waals surface area contributed by atoms with E-state index in [0.29, 0.717) is 5.92 Å². The highest BCUT2D eigenvalue weighted by Crippen LogP contribution is 2.35. The molecule has 0 amide bonds. The van der Waals surface area contributed by atoms with Gasteiger partial charge in [-0.15, -0.1) is 0 Å². The smallest absolute Gasteiger partial charge is 0.115 e. The van der Waals surface area contributed by atoms with E-state index in [9.17, 15) is 0 Å². The molecule has 0 N–H and O–H groups in total. The zero-order chi connectivity index (χ0) is 16.2. The molecular weight excluding hydrogens is 304 g/mol. The van der Waals surface area contributed by atoms with E-state index in [0.717, 1.165) is 51.7 Å². The number of likely N-dealkylation sites (tertiary alicyclic amines) is 1. The number of hydrogen-bond acceptors (Lipinski definition) is 6. The Kier molecular flexibility index (Phi) is 4.96. The standard InChI is InChI=1S/C18H28N4O2/c1-3-18(12-21(4-1)10-16-2-6-23-11-16)13-22(5-7-24-14-18)17-8-19-15-20-9-17/h8-9,15-16H,1-7,10-14H2/t16-,18-/m0/s1. The summed E-state index contributed by atoms with van der Waals surface area (Å²) in [5.41, 5.74) is 1.34. The summed E-state index contributed by atoms with van der Waals surface area (Å²) in [6.07, 6.45) is 9.16. The fraction of sp³-hybridized carbons (Fsp3) is 0.778. The Labute approximate surface area is 144 Å². The highest BCUT2D eigenvalue weighted by molar-refractivity contribution is 5.42. The molecule has 6 nitrogen and oxygen atoms in total. The highest BCUT2D eigenvalue weighted by Gasteiger charge is 2.39. The van der Waals surface area contributed by atoms with Gasteiger partial charge in [-0.25, -0.2) is 9.97 Å². The van der Waals surface area contributed by atoms with Gasteiger partial charge in [0.25, 0.3) is 0 Å². The van der Waals surface area contributed by atoms with Crippen LogP contribution in [-0.4, -0.2) is 74.0 Å². The fourth-order valence-electron chi connectivity index (χ4n) is 4.47. The van der Waals surface area contributed by atoms with Crippen LogP contribution in [0.3, 0.4) is 0 Å². The summed E-state index contributed by atoms with van der Waals surface area (Å²) in [7, 11) is 0. The summed E-state index contributed by atoms with van der Waals surface area (Å²) in [6.45, 7) is 9.02. The van der Waals surface area contributed by atoms with Crippen LogP contribution in [-0.2, 0) is 9.47 Å². The van der Waals surface area contributed by atoms with Gasteiger partial charge in [0.1, 0.15) is 6.33 Å². The second-order valence-corrected chi connectivity index (χ2v) is 7.64. The topological polar surface area (TPSA) is 50.7 Å². The molecule has 0 unspecified atom stereocenters. The average Bonchev–Trinajstić information content (AvgIpc) is 3.03. The SMILES string of the molecule is c1ncc(N2CCOC[C@]3(CCCN(C[C@@H]4CCOC4)C3)C2)cn1. The lowest BCUT2D eigenvalue weighted by molar-refractivity contribution is 0.00810. The van der Waals surface area contributed by atoms with E-state index < -0.39 is 0 Å². The van der Waals surface area contributed by atoms with Crippen molar-refractivity contribution in [2.75, 3.05) is 64.1 Å². The molecule has 0 radical (unpaired) electrons. The molecule has 1 aromatic heterocycles. The zero-order valence-electron chi connectivity index (χ0n) is 14.4. The van der Waals surface area contributed by atoms with Crippen molar-refractivity contribution in [3.05, 3.63) is 18.7 Å². The molecule has 1 spiro atoms. The minimum Gasteiger partial charge on any atom is -0.381 e. The van der Waals surface area contributed by atoms with Crippen molar-refractivity contribution < 1.29 is 9.47 Å². The minimum atomic E-state index is 0.226. The van der Waals surface area contributed by atoms with Crippen molar-refractivity contribution in [2.45, 2.75) is 19.3 Å². The van der Waals surface area contributed by atoms with E-state index in [4.69, 9.17) is 9.47 Å². The van der Waals surface area contributed by atoms with Crippen LogP contribution in [0.5, 0.6) is 0 Å². The predicted molar refractivity (Wildman–Crippen MR) is 92.1 cm³/mol. The van der Waals surface area contributed by atoms with Crippen LogP contribution >= 0.6 is 0 Å². The van der Waals surface area contributed by atoms with Gasteiger partial charge in [-0.3, -0.25) is 0 Å². The van der Waals surface area contributed by atoms with E-state index >= 15 is 0 Å². The Morgan fingerprint density at radius 1 is 1.12 bits per heavy atom. The molecule has 6 heteroatoms. The van der Waals surface area contributed by atoms with Gasteiger partial charge < -0.3 is 19.3 Å². The monoisotopic (exact) mass is 332 g/mol. The van der Waals surface area contributed by atoms with Crippen molar-refractivity contribution in [1.29, 1.82) is 0 Å². The lowest BCUT2D eigenvalue weighted by Crippen LogP contribution is -2.51. The maximum Gasteiger partial charge on any atom is 0.115 e. The number of piperidine rings is 1. The first kappa shape index (κ1) is 16.2. The Morgan fingerprint density at radius 3 is 2.88 bits per heavy atom. The molecule has 2 atom stereocenters. The van der Waals surface area contributed by atoms with Gasteiger partial charge in [0.15, 0.2) is 0 Å². The molecule has 3 aliphatic rings. The molecule has 3 saturated heterocycles. The molecule has 0 aromatic carbocycles. The molecule has 24 heavy (non-hydrogen) atoms. The fourth-order valence-corrected chi connectivity index (χ4v) is 4.47. The summed E-state index contributed by atoms with van der Waals surface area (Å²) in [4.78, 5) is 13.4. The van der Waals surface area contributed by atoms with Gasteiger partial charge >= 0.3 is 0 Å². The normalized spacial score (nSPS) is 32.2. The quantitative estimate of drug-likeness (QED) is 0.835. The number of nitrogens with zero attached hydrogens (tertiary/aromatic N) is 4. The van der Waals surface area contributed by atoms with E-state index in [1.165, 1.54) is 32.4 Å². The van der Waals surface area contributed by atoms with Crippen molar-refractivity contribution in [1.82, 2.24) is 14.9 Å². The number of rotatable bonds is 3. The lowest BCUT2D eigenvalue weighted by Gasteiger charge is -2.44. The summed E-state index contributed by atoms with van der Waals surface area (Å²) in [6, 6.07) is 0. The largest absolute Gasteiger partial charge is 0.381 e. The number of hydrogen-bond donors (Lipinski definition) is 0. The van der Waals surface area contributed by atoms with Crippen LogP contribution in [0.4, 0.5) is 5.69 Å². The molecule has 0 saturated carbocycles. The van der Waals surface area contributed by atoms with Crippen LogP contribution in [0.15, 0.2) is 18.7 Å². The average molecular weight is 332 g/mol.